The summed E-state index contributed by atoms with van der Waals surface area (Å²) in [4.78, 5) is 18.4. The second-order valence-corrected chi connectivity index (χ2v) is 6.32. The summed E-state index contributed by atoms with van der Waals surface area (Å²) in [7, 11) is 1.71. The zero-order valence-electron chi connectivity index (χ0n) is 15.6. The number of rotatable bonds is 5. The number of urea groups is 1. The van der Waals surface area contributed by atoms with Gasteiger partial charge in [0.15, 0.2) is 0 Å². The molecule has 0 bridgehead atoms. The van der Waals surface area contributed by atoms with E-state index in [2.05, 4.69) is 10.3 Å². The van der Waals surface area contributed by atoms with Crippen LogP contribution in [0.1, 0.15) is 18.1 Å². The monoisotopic (exact) mass is 367 g/mol. The largest absolute Gasteiger partial charge is 0.478 e. The molecule has 5 nitrogen and oxygen atoms in total. The Balaban J connectivity index is 1.79. The van der Waals surface area contributed by atoms with Gasteiger partial charge in [0.2, 0.25) is 5.88 Å². The zero-order chi connectivity index (χ0) is 19.4. The number of hydrogen-bond donors (Lipinski definition) is 1. The Hall–Kier alpha value is -3.15. The van der Waals surface area contributed by atoms with Crippen LogP contribution in [0.4, 0.5) is 14.9 Å². The van der Waals surface area contributed by atoms with Gasteiger partial charge >= 0.3 is 6.03 Å². The average molecular weight is 367 g/mol. The highest BCUT2D eigenvalue weighted by Gasteiger charge is 2.14. The summed E-state index contributed by atoms with van der Waals surface area (Å²) < 4.78 is 19.0. The average Bonchev–Trinajstić information content (AvgIpc) is 2.66. The number of nitrogens with zero attached hydrogens (tertiary/aromatic N) is 2. The van der Waals surface area contributed by atoms with Crippen molar-refractivity contribution in [1.82, 2.24) is 9.88 Å². The van der Waals surface area contributed by atoms with Gasteiger partial charge in [-0.25, -0.2) is 14.2 Å². The molecule has 27 heavy (non-hydrogen) atoms. The van der Waals surface area contributed by atoms with Crippen molar-refractivity contribution >= 4 is 22.5 Å². The Morgan fingerprint density at radius 3 is 2.67 bits per heavy atom. The number of anilines is 1. The van der Waals surface area contributed by atoms with E-state index in [4.69, 9.17) is 4.74 Å². The van der Waals surface area contributed by atoms with Gasteiger partial charge in [0.25, 0.3) is 0 Å². The van der Waals surface area contributed by atoms with Gasteiger partial charge in [-0.05, 0) is 54.6 Å². The predicted octanol–water partition coefficient (Wildman–Crippen LogP) is 4.74. The fourth-order valence-corrected chi connectivity index (χ4v) is 2.87. The number of carbonyl (C=O) groups excluding carboxylic acids is 1. The summed E-state index contributed by atoms with van der Waals surface area (Å²) in [6.45, 7) is 4.49. The molecule has 1 aromatic heterocycles. The van der Waals surface area contributed by atoms with E-state index in [9.17, 15) is 9.18 Å². The first-order valence-corrected chi connectivity index (χ1v) is 8.77. The van der Waals surface area contributed by atoms with Gasteiger partial charge in [-0.2, -0.15) is 0 Å². The molecule has 0 fully saturated rings. The highest BCUT2D eigenvalue weighted by atomic mass is 19.1. The summed E-state index contributed by atoms with van der Waals surface area (Å²) in [5, 5.41) is 4.70. The van der Waals surface area contributed by atoms with Crippen LogP contribution in [0.5, 0.6) is 5.88 Å². The number of amides is 2. The SMILES string of the molecule is CCOc1ncc(CN(C)C(=O)Nc2ccc(F)c(C)c2)c2ccccc12. The maximum Gasteiger partial charge on any atom is 0.321 e. The predicted molar refractivity (Wildman–Crippen MR) is 105 cm³/mol. The number of ether oxygens (including phenoxy) is 1. The summed E-state index contributed by atoms with van der Waals surface area (Å²) >= 11 is 0. The van der Waals surface area contributed by atoms with Crippen LogP contribution >= 0.6 is 0 Å². The van der Waals surface area contributed by atoms with E-state index in [0.717, 1.165) is 16.3 Å². The van der Waals surface area contributed by atoms with E-state index in [1.54, 1.807) is 37.2 Å². The lowest BCUT2D eigenvalue weighted by Crippen LogP contribution is -2.31. The molecule has 0 aliphatic heterocycles. The first-order chi connectivity index (χ1) is 13.0. The molecule has 6 heteroatoms. The van der Waals surface area contributed by atoms with Gasteiger partial charge in [-0.15, -0.1) is 0 Å². The molecule has 0 unspecified atom stereocenters. The molecular weight excluding hydrogens is 345 g/mol. The van der Waals surface area contributed by atoms with Gasteiger partial charge in [0, 0.05) is 30.9 Å². The molecule has 140 valence electrons. The molecule has 3 aromatic rings. The van der Waals surface area contributed by atoms with Crippen molar-refractivity contribution in [2.75, 3.05) is 19.0 Å². The maximum absolute atomic E-state index is 13.4. The number of hydrogen-bond acceptors (Lipinski definition) is 3. The Morgan fingerprint density at radius 1 is 1.22 bits per heavy atom. The molecule has 0 radical (unpaired) electrons. The van der Waals surface area contributed by atoms with Crippen LogP contribution in [0, 0.1) is 12.7 Å². The molecule has 2 amide bonds. The van der Waals surface area contributed by atoms with Gasteiger partial charge in [-0.3, -0.25) is 0 Å². The molecule has 0 aliphatic carbocycles. The van der Waals surface area contributed by atoms with E-state index in [-0.39, 0.29) is 11.8 Å². The standard InChI is InChI=1S/C21H22FN3O2/c1-4-27-20-18-8-6-5-7-17(18)15(12-23-20)13-25(3)21(26)24-16-9-10-19(22)14(2)11-16/h5-12H,4,13H2,1-3H3,(H,24,26). The number of aryl methyl sites for hydroxylation is 1. The molecule has 1 heterocycles. The molecule has 1 N–H and O–H groups in total. The van der Waals surface area contributed by atoms with Crippen molar-refractivity contribution < 1.29 is 13.9 Å². The number of pyridine rings is 1. The van der Waals surface area contributed by atoms with E-state index in [0.29, 0.717) is 30.3 Å². The van der Waals surface area contributed by atoms with Crippen molar-refractivity contribution in [2.24, 2.45) is 0 Å². The Bertz CT molecular complexity index is 975. The number of carbonyl (C=O) groups is 1. The van der Waals surface area contributed by atoms with Crippen LogP contribution in [0.25, 0.3) is 10.8 Å². The van der Waals surface area contributed by atoms with Gasteiger partial charge in [-0.1, -0.05) is 18.2 Å². The molecule has 0 atom stereocenters. The lowest BCUT2D eigenvalue weighted by atomic mass is 10.1. The minimum absolute atomic E-state index is 0.279. The third kappa shape index (κ3) is 4.16. The maximum atomic E-state index is 13.4. The third-order valence-electron chi connectivity index (χ3n) is 4.29. The van der Waals surface area contributed by atoms with Gasteiger partial charge < -0.3 is 15.0 Å². The Morgan fingerprint density at radius 2 is 1.96 bits per heavy atom. The van der Waals surface area contributed by atoms with Crippen LogP contribution in [0.15, 0.2) is 48.7 Å². The molecule has 0 spiro atoms. The minimum atomic E-state index is -0.298. The van der Waals surface area contributed by atoms with Gasteiger partial charge in [0.1, 0.15) is 5.82 Å². The van der Waals surface area contributed by atoms with E-state index in [1.165, 1.54) is 6.07 Å². The topological polar surface area (TPSA) is 54.5 Å². The van der Waals surface area contributed by atoms with Crippen LogP contribution in [-0.4, -0.2) is 29.6 Å². The van der Waals surface area contributed by atoms with Crippen LogP contribution < -0.4 is 10.1 Å². The van der Waals surface area contributed by atoms with Crippen LogP contribution in [0.2, 0.25) is 0 Å². The van der Waals surface area contributed by atoms with Crippen LogP contribution in [0.3, 0.4) is 0 Å². The molecule has 0 aliphatic rings. The van der Waals surface area contributed by atoms with Crippen molar-refractivity contribution in [3.05, 3.63) is 65.6 Å². The molecular formula is C21H22FN3O2. The fraction of sp³-hybridized carbons (Fsp3) is 0.238. The molecule has 0 saturated heterocycles. The molecule has 0 saturated carbocycles. The van der Waals surface area contributed by atoms with E-state index >= 15 is 0 Å². The smallest absolute Gasteiger partial charge is 0.321 e. The molecule has 3 rings (SSSR count). The van der Waals surface area contributed by atoms with Gasteiger partial charge in [0.05, 0.1) is 6.61 Å². The van der Waals surface area contributed by atoms with Crippen molar-refractivity contribution in [2.45, 2.75) is 20.4 Å². The fourth-order valence-electron chi connectivity index (χ4n) is 2.87. The third-order valence-corrected chi connectivity index (χ3v) is 4.29. The molecule has 2 aromatic carbocycles. The number of halogens is 1. The summed E-state index contributed by atoms with van der Waals surface area (Å²) in [6.07, 6.45) is 1.74. The minimum Gasteiger partial charge on any atom is -0.478 e. The summed E-state index contributed by atoms with van der Waals surface area (Å²) in [5.41, 5.74) is 1.96. The Kier molecular flexibility index (Phi) is 5.54. The van der Waals surface area contributed by atoms with Crippen molar-refractivity contribution in [3.63, 3.8) is 0 Å². The second kappa shape index (κ2) is 8.03. The van der Waals surface area contributed by atoms with E-state index < -0.39 is 0 Å². The lowest BCUT2D eigenvalue weighted by molar-refractivity contribution is 0.221. The number of aromatic nitrogens is 1. The first kappa shape index (κ1) is 18.6. The highest BCUT2D eigenvalue weighted by molar-refractivity contribution is 5.91. The van der Waals surface area contributed by atoms with Crippen molar-refractivity contribution in [1.29, 1.82) is 0 Å². The lowest BCUT2D eigenvalue weighted by Gasteiger charge is -2.19. The first-order valence-electron chi connectivity index (χ1n) is 8.77. The summed E-state index contributed by atoms with van der Waals surface area (Å²) in [6, 6.07) is 12.0. The van der Waals surface area contributed by atoms with Crippen LogP contribution in [-0.2, 0) is 6.54 Å². The van der Waals surface area contributed by atoms with E-state index in [1.807, 2.05) is 31.2 Å². The number of fused-ring (bicyclic) bond motifs is 1. The highest BCUT2D eigenvalue weighted by Crippen LogP contribution is 2.27. The normalized spacial score (nSPS) is 10.7. The van der Waals surface area contributed by atoms with Crippen molar-refractivity contribution in [3.8, 4) is 5.88 Å². The number of nitrogens with one attached hydrogen (secondary N) is 1. The summed E-state index contributed by atoms with van der Waals surface area (Å²) in [5.74, 6) is 0.291. The number of benzene rings is 2. The zero-order valence-corrected chi connectivity index (χ0v) is 15.6. The Labute approximate surface area is 157 Å². The second-order valence-electron chi connectivity index (χ2n) is 6.32. The quantitative estimate of drug-likeness (QED) is 0.708.